The van der Waals surface area contributed by atoms with Crippen LogP contribution in [0.4, 0.5) is 11.4 Å². The van der Waals surface area contributed by atoms with Crippen LogP contribution in [0.25, 0.3) is 10.6 Å². The topological polar surface area (TPSA) is 111 Å². The first-order valence-corrected chi connectivity index (χ1v) is 9.46. The number of nitrogens with one attached hydrogen (secondary N) is 1. The largest absolute Gasteiger partial charge is 0.448 e. The van der Waals surface area contributed by atoms with E-state index in [9.17, 15) is 19.7 Å². The molecule has 3 rings (SSSR count). The summed E-state index contributed by atoms with van der Waals surface area (Å²) < 4.78 is 5.25. The number of rotatable bonds is 6. The van der Waals surface area contributed by atoms with Crippen LogP contribution >= 0.6 is 11.3 Å². The first-order chi connectivity index (χ1) is 13.9. The standard InChI is InChI=1S/C20H17N3O5S/c1-12-17(29-19(21-12)14-8-4-3-5-9-14)20(25)28-13(2)18(24)22-15-10-6-7-11-16(15)23(26)27/h3-11,13H,1-2H3,(H,22,24). The predicted molar refractivity (Wildman–Crippen MR) is 109 cm³/mol. The van der Waals surface area contributed by atoms with Crippen LogP contribution in [0.5, 0.6) is 0 Å². The zero-order chi connectivity index (χ0) is 21.0. The average molecular weight is 411 g/mol. The van der Waals surface area contributed by atoms with Crippen LogP contribution in [0.1, 0.15) is 22.3 Å². The van der Waals surface area contributed by atoms with E-state index in [-0.39, 0.29) is 11.4 Å². The van der Waals surface area contributed by atoms with Crippen molar-refractivity contribution in [3.8, 4) is 10.6 Å². The lowest BCUT2D eigenvalue weighted by molar-refractivity contribution is -0.383. The number of nitro groups is 1. The van der Waals surface area contributed by atoms with Gasteiger partial charge in [-0.15, -0.1) is 11.3 Å². The Bertz CT molecular complexity index is 1060. The van der Waals surface area contributed by atoms with Crippen molar-refractivity contribution in [2.75, 3.05) is 5.32 Å². The zero-order valence-electron chi connectivity index (χ0n) is 15.6. The molecule has 0 aliphatic rings. The number of carbonyl (C=O) groups excluding carboxylic acids is 2. The lowest BCUT2D eigenvalue weighted by atomic mass is 10.2. The highest BCUT2D eigenvalue weighted by Crippen LogP contribution is 2.29. The van der Waals surface area contributed by atoms with Crippen molar-refractivity contribution >= 4 is 34.6 Å². The summed E-state index contributed by atoms with van der Waals surface area (Å²) >= 11 is 1.18. The van der Waals surface area contributed by atoms with E-state index in [4.69, 9.17) is 4.74 Å². The molecule has 0 radical (unpaired) electrons. The fourth-order valence-corrected chi connectivity index (χ4v) is 3.49. The van der Waals surface area contributed by atoms with Crippen molar-refractivity contribution < 1.29 is 19.2 Å². The molecule has 0 bridgehead atoms. The average Bonchev–Trinajstić information content (AvgIpc) is 3.10. The molecule has 1 heterocycles. The number of esters is 1. The van der Waals surface area contributed by atoms with Crippen molar-refractivity contribution in [2.45, 2.75) is 20.0 Å². The van der Waals surface area contributed by atoms with Gasteiger partial charge in [-0.3, -0.25) is 14.9 Å². The molecular formula is C20H17N3O5S. The van der Waals surface area contributed by atoms with Crippen molar-refractivity contribution in [2.24, 2.45) is 0 Å². The van der Waals surface area contributed by atoms with E-state index in [1.165, 1.54) is 36.5 Å². The molecule has 1 unspecified atom stereocenters. The van der Waals surface area contributed by atoms with Gasteiger partial charge in [0, 0.05) is 11.6 Å². The van der Waals surface area contributed by atoms with Crippen LogP contribution < -0.4 is 5.32 Å². The van der Waals surface area contributed by atoms with Crippen LogP contribution in [0, 0.1) is 17.0 Å². The fourth-order valence-electron chi connectivity index (χ4n) is 2.53. The molecule has 0 saturated carbocycles. The summed E-state index contributed by atoms with van der Waals surface area (Å²) in [5.74, 6) is -1.34. The number of thiazole rings is 1. The van der Waals surface area contributed by atoms with Gasteiger partial charge in [-0.1, -0.05) is 42.5 Å². The number of nitro benzene ring substituents is 1. The summed E-state index contributed by atoms with van der Waals surface area (Å²) in [6.45, 7) is 3.09. The van der Waals surface area contributed by atoms with Crippen molar-refractivity contribution in [3.05, 3.63) is 75.3 Å². The normalized spacial score (nSPS) is 11.5. The molecule has 0 saturated heterocycles. The first-order valence-electron chi connectivity index (χ1n) is 8.65. The first kappa shape index (κ1) is 20.2. The number of carbonyl (C=O) groups is 2. The highest BCUT2D eigenvalue weighted by molar-refractivity contribution is 7.17. The molecule has 1 amide bonds. The molecule has 0 aliphatic carbocycles. The van der Waals surface area contributed by atoms with Crippen LogP contribution in [-0.2, 0) is 9.53 Å². The van der Waals surface area contributed by atoms with E-state index < -0.39 is 22.9 Å². The summed E-state index contributed by atoms with van der Waals surface area (Å²) in [6.07, 6.45) is -1.15. The quantitative estimate of drug-likeness (QED) is 0.369. The second kappa shape index (κ2) is 8.61. The minimum atomic E-state index is -1.15. The van der Waals surface area contributed by atoms with Crippen LogP contribution in [0.2, 0.25) is 0 Å². The summed E-state index contributed by atoms with van der Waals surface area (Å²) in [5.41, 5.74) is 1.17. The third-order valence-electron chi connectivity index (χ3n) is 4.01. The van der Waals surface area contributed by atoms with Gasteiger partial charge in [0.15, 0.2) is 6.10 Å². The Kier molecular flexibility index (Phi) is 5.99. The van der Waals surface area contributed by atoms with E-state index in [1.807, 2.05) is 30.3 Å². The maximum absolute atomic E-state index is 12.5. The molecule has 148 valence electrons. The van der Waals surface area contributed by atoms with Crippen molar-refractivity contribution in [3.63, 3.8) is 0 Å². The van der Waals surface area contributed by atoms with Gasteiger partial charge in [0.1, 0.15) is 15.6 Å². The molecule has 3 aromatic rings. The SMILES string of the molecule is Cc1nc(-c2ccccc2)sc1C(=O)OC(C)C(=O)Nc1ccccc1[N+](=O)[O-]. The molecule has 0 spiro atoms. The zero-order valence-corrected chi connectivity index (χ0v) is 16.4. The molecule has 0 aliphatic heterocycles. The van der Waals surface area contributed by atoms with Gasteiger partial charge >= 0.3 is 5.97 Å². The highest BCUT2D eigenvalue weighted by atomic mass is 32.1. The molecule has 1 N–H and O–H groups in total. The van der Waals surface area contributed by atoms with Crippen molar-refractivity contribution in [1.29, 1.82) is 0 Å². The molecule has 8 nitrogen and oxygen atoms in total. The van der Waals surface area contributed by atoms with Crippen LogP contribution in [0.3, 0.4) is 0 Å². The number of aromatic nitrogens is 1. The van der Waals surface area contributed by atoms with Crippen LogP contribution in [-0.4, -0.2) is 27.9 Å². The van der Waals surface area contributed by atoms with Crippen LogP contribution in [0.15, 0.2) is 54.6 Å². The Balaban J connectivity index is 1.70. The number of para-hydroxylation sites is 2. The summed E-state index contributed by atoms with van der Waals surface area (Å²) in [5, 5.41) is 14.2. The van der Waals surface area contributed by atoms with Gasteiger partial charge < -0.3 is 10.1 Å². The fraction of sp³-hybridized carbons (Fsp3) is 0.150. The molecule has 1 aromatic heterocycles. The summed E-state index contributed by atoms with van der Waals surface area (Å²) in [7, 11) is 0. The van der Waals surface area contributed by atoms with E-state index in [1.54, 1.807) is 13.0 Å². The maximum atomic E-state index is 12.5. The summed E-state index contributed by atoms with van der Waals surface area (Å²) in [4.78, 5) is 40.0. The number of nitrogens with zero attached hydrogens (tertiary/aromatic N) is 2. The Labute approximate surface area is 170 Å². The van der Waals surface area contributed by atoms with E-state index in [0.717, 1.165) is 5.56 Å². The molecule has 0 fully saturated rings. The number of ether oxygens (including phenoxy) is 1. The number of anilines is 1. The minimum absolute atomic E-state index is 0.0331. The smallest absolute Gasteiger partial charge is 0.351 e. The monoisotopic (exact) mass is 411 g/mol. The third kappa shape index (κ3) is 4.64. The van der Waals surface area contributed by atoms with Crippen molar-refractivity contribution in [1.82, 2.24) is 4.98 Å². The van der Waals surface area contributed by atoms with Gasteiger partial charge in [-0.05, 0) is 19.9 Å². The third-order valence-corrected chi connectivity index (χ3v) is 5.20. The predicted octanol–water partition coefficient (Wildman–Crippen LogP) is 4.21. The molecular weight excluding hydrogens is 394 g/mol. The second-order valence-corrected chi connectivity index (χ2v) is 7.11. The number of benzene rings is 2. The summed E-state index contributed by atoms with van der Waals surface area (Å²) in [6, 6.07) is 15.1. The van der Waals surface area contributed by atoms with Gasteiger partial charge in [-0.25, -0.2) is 9.78 Å². The second-order valence-electron chi connectivity index (χ2n) is 6.11. The number of hydrogen-bond donors (Lipinski definition) is 1. The minimum Gasteiger partial charge on any atom is -0.448 e. The Hall–Kier alpha value is -3.59. The van der Waals surface area contributed by atoms with E-state index >= 15 is 0 Å². The highest BCUT2D eigenvalue weighted by Gasteiger charge is 2.24. The lowest BCUT2D eigenvalue weighted by Gasteiger charge is -2.13. The molecule has 29 heavy (non-hydrogen) atoms. The van der Waals surface area contributed by atoms with Gasteiger partial charge in [0.05, 0.1) is 10.6 Å². The van der Waals surface area contributed by atoms with Gasteiger partial charge in [-0.2, -0.15) is 0 Å². The Morgan fingerprint density at radius 2 is 1.79 bits per heavy atom. The van der Waals surface area contributed by atoms with E-state index in [2.05, 4.69) is 10.3 Å². The molecule has 1 atom stereocenters. The lowest BCUT2D eigenvalue weighted by Crippen LogP contribution is -2.30. The van der Waals surface area contributed by atoms with E-state index in [0.29, 0.717) is 15.6 Å². The van der Waals surface area contributed by atoms with Gasteiger partial charge in [0.25, 0.3) is 11.6 Å². The number of hydrogen-bond acceptors (Lipinski definition) is 7. The molecule has 9 heteroatoms. The number of amides is 1. The molecule has 2 aromatic carbocycles. The van der Waals surface area contributed by atoms with Gasteiger partial charge in [0.2, 0.25) is 0 Å². The Morgan fingerprint density at radius 3 is 2.48 bits per heavy atom. The maximum Gasteiger partial charge on any atom is 0.351 e. The number of aryl methyl sites for hydroxylation is 1. The Morgan fingerprint density at radius 1 is 1.14 bits per heavy atom.